The van der Waals surface area contributed by atoms with E-state index in [1.807, 2.05) is 0 Å². The van der Waals surface area contributed by atoms with Crippen LogP contribution in [-0.2, 0) is 14.4 Å². The molecule has 0 aromatic carbocycles. The number of carboxylic acid groups (broad SMARTS) is 1. The van der Waals surface area contributed by atoms with Gasteiger partial charge in [-0.3, -0.25) is 19.3 Å². The van der Waals surface area contributed by atoms with Crippen molar-refractivity contribution in [3.8, 4) is 0 Å². The van der Waals surface area contributed by atoms with Gasteiger partial charge in [-0.2, -0.15) is 0 Å². The van der Waals surface area contributed by atoms with E-state index in [1.165, 1.54) is 0 Å². The van der Waals surface area contributed by atoms with Crippen molar-refractivity contribution >= 4 is 23.8 Å². The number of carboxylic acids is 1. The summed E-state index contributed by atoms with van der Waals surface area (Å²) in [7, 11) is 0. The fourth-order valence-electron chi connectivity index (χ4n) is 2.76. The van der Waals surface area contributed by atoms with Crippen molar-refractivity contribution < 1.29 is 24.3 Å². The van der Waals surface area contributed by atoms with E-state index >= 15 is 0 Å². The van der Waals surface area contributed by atoms with E-state index in [2.05, 4.69) is 5.32 Å². The Kier molecular flexibility index (Phi) is 4.77. The lowest BCUT2D eigenvalue weighted by atomic mass is 9.98. The standard InChI is InChI=1S/C13H19N3O5/c17-10-7-14-13(21)16(10)8-11(18)15-6-2-1-3-9(15)4-5-12(19)20/h9H,1-8H2,(H,14,21)(H,19,20). The third-order valence-corrected chi connectivity index (χ3v) is 3.87. The number of nitrogens with zero attached hydrogens (tertiary/aromatic N) is 2. The highest BCUT2D eigenvalue weighted by atomic mass is 16.4. The van der Waals surface area contributed by atoms with Crippen molar-refractivity contribution in [1.29, 1.82) is 0 Å². The molecule has 1 unspecified atom stereocenters. The van der Waals surface area contributed by atoms with Gasteiger partial charge in [0.2, 0.25) is 5.91 Å². The van der Waals surface area contributed by atoms with E-state index in [0.29, 0.717) is 13.0 Å². The zero-order valence-corrected chi connectivity index (χ0v) is 11.7. The van der Waals surface area contributed by atoms with Gasteiger partial charge < -0.3 is 15.3 Å². The molecule has 0 aromatic rings. The second kappa shape index (κ2) is 6.55. The SMILES string of the molecule is O=C(O)CCC1CCCCN1C(=O)CN1C(=O)CNC1=O. The van der Waals surface area contributed by atoms with Crippen LogP contribution in [-0.4, -0.2) is 64.4 Å². The summed E-state index contributed by atoms with van der Waals surface area (Å²) in [6, 6.07) is -0.671. The third kappa shape index (κ3) is 3.71. The molecule has 2 aliphatic heterocycles. The summed E-state index contributed by atoms with van der Waals surface area (Å²) in [4.78, 5) is 48.4. The Morgan fingerprint density at radius 2 is 2.05 bits per heavy atom. The van der Waals surface area contributed by atoms with Gasteiger partial charge in [-0.1, -0.05) is 0 Å². The molecule has 2 rings (SSSR count). The molecule has 8 heteroatoms. The Morgan fingerprint density at radius 3 is 2.67 bits per heavy atom. The molecule has 8 nitrogen and oxygen atoms in total. The van der Waals surface area contributed by atoms with E-state index < -0.39 is 17.9 Å². The maximum Gasteiger partial charge on any atom is 0.325 e. The summed E-state index contributed by atoms with van der Waals surface area (Å²) in [5.41, 5.74) is 0. The molecule has 0 spiro atoms. The molecule has 2 N–H and O–H groups in total. The van der Waals surface area contributed by atoms with Crippen LogP contribution in [0.5, 0.6) is 0 Å². The van der Waals surface area contributed by atoms with Crippen molar-refractivity contribution in [2.45, 2.75) is 38.1 Å². The number of amides is 4. The normalized spacial score (nSPS) is 22.4. The Balaban J connectivity index is 1.96. The molecular weight excluding hydrogens is 278 g/mol. The molecule has 2 aliphatic rings. The predicted molar refractivity (Wildman–Crippen MR) is 71.3 cm³/mol. The maximum atomic E-state index is 12.3. The minimum Gasteiger partial charge on any atom is -0.481 e. The fourth-order valence-corrected chi connectivity index (χ4v) is 2.76. The van der Waals surface area contributed by atoms with Crippen molar-refractivity contribution in [3.05, 3.63) is 0 Å². The zero-order chi connectivity index (χ0) is 15.4. The number of likely N-dealkylation sites (tertiary alicyclic amines) is 1. The first kappa shape index (κ1) is 15.3. The molecule has 2 fully saturated rings. The van der Waals surface area contributed by atoms with Gasteiger partial charge in [-0.05, 0) is 25.7 Å². The molecule has 2 saturated heterocycles. The van der Waals surface area contributed by atoms with E-state index in [1.54, 1.807) is 4.90 Å². The molecule has 0 bridgehead atoms. The van der Waals surface area contributed by atoms with Crippen LogP contribution in [0.1, 0.15) is 32.1 Å². The maximum absolute atomic E-state index is 12.3. The molecule has 0 aliphatic carbocycles. The first-order valence-corrected chi connectivity index (χ1v) is 7.08. The molecular formula is C13H19N3O5. The van der Waals surface area contributed by atoms with Crippen LogP contribution in [0.3, 0.4) is 0 Å². The Bertz CT molecular complexity index is 449. The molecule has 116 valence electrons. The molecule has 0 radical (unpaired) electrons. The van der Waals surface area contributed by atoms with Crippen LogP contribution < -0.4 is 5.32 Å². The fraction of sp³-hybridized carbons (Fsp3) is 0.692. The lowest BCUT2D eigenvalue weighted by Gasteiger charge is -2.36. The second-order valence-corrected chi connectivity index (χ2v) is 5.31. The lowest BCUT2D eigenvalue weighted by molar-refractivity contribution is -0.141. The predicted octanol–water partition coefficient (Wildman–Crippen LogP) is -0.216. The number of rotatable bonds is 5. The van der Waals surface area contributed by atoms with Crippen molar-refractivity contribution in [3.63, 3.8) is 0 Å². The third-order valence-electron chi connectivity index (χ3n) is 3.87. The molecule has 4 amide bonds. The summed E-state index contributed by atoms with van der Waals surface area (Å²) >= 11 is 0. The number of aliphatic carboxylic acids is 1. The van der Waals surface area contributed by atoms with E-state index in [-0.39, 0.29) is 31.5 Å². The van der Waals surface area contributed by atoms with Crippen LogP contribution in [0.2, 0.25) is 0 Å². The zero-order valence-electron chi connectivity index (χ0n) is 11.7. The van der Waals surface area contributed by atoms with E-state index in [0.717, 1.165) is 24.2 Å². The molecule has 2 heterocycles. The van der Waals surface area contributed by atoms with Crippen molar-refractivity contribution in [2.75, 3.05) is 19.6 Å². The topological polar surface area (TPSA) is 107 Å². The minimum absolute atomic E-state index is 0.0115. The molecule has 0 aromatic heterocycles. The van der Waals surface area contributed by atoms with Gasteiger partial charge in [0.1, 0.15) is 6.54 Å². The highest BCUT2D eigenvalue weighted by Crippen LogP contribution is 2.21. The van der Waals surface area contributed by atoms with Gasteiger partial charge in [0.15, 0.2) is 0 Å². The van der Waals surface area contributed by atoms with Gasteiger partial charge >= 0.3 is 12.0 Å². The quantitative estimate of drug-likeness (QED) is 0.682. The Labute approximate surface area is 122 Å². The van der Waals surface area contributed by atoms with Gasteiger partial charge in [0, 0.05) is 19.0 Å². The number of hydrogen-bond donors (Lipinski definition) is 2. The number of urea groups is 1. The van der Waals surface area contributed by atoms with Gasteiger partial charge in [-0.15, -0.1) is 0 Å². The summed E-state index contributed by atoms with van der Waals surface area (Å²) in [5, 5.41) is 11.1. The second-order valence-electron chi connectivity index (χ2n) is 5.31. The summed E-state index contributed by atoms with van der Waals surface area (Å²) < 4.78 is 0. The minimum atomic E-state index is -0.887. The Morgan fingerprint density at radius 1 is 1.29 bits per heavy atom. The molecule has 0 saturated carbocycles. The van der Waals surface area contributed by atoms with Gasteiger partial charge in [0.25, 0.3) is 5.91 Å². The van der Waals surface area contributed by atoms with Gasteiger partial charge in [-0.25, -0.2) is 4.79 Å². The van der Waals surface area contributed by atoms with Crippen LogP contribution in [0, 0.1) is 0 Å². The van der Waals surface area contributed by atoms with Crippen LogP contribution in [0.4, 0.5) is 4.79 Å². The van der Waals surface area contributed by atoms with Crippen LogP contribution in [0.25, 0.3) is 0 Å². The summed E-state index contributed by atoms with van der Waals surface area (Å²) in [5.74, 6) is -1.59. The van der Waals surface area contributed by atoms with Gasteiger partial charge in [0.05, 0.1) is 6.54 Å². The number of piperidine rings is 1. The largest absolute Gasteiger partial charge is 0.481 e. The molecule has 21 heavy (non-hydrogen) atoms. The monoisotopic (exact) mass is 297 g/mol. The molecule has 1 atom stereocenters. The summed E-state index contributed by atoms with van der Waals surface area (Å²) in [6.07, 6.45) is 2.99. The number of imide groups is 1. The highest BCUT2D eigenvalue weighted by molar-refractivity contribution is 6.04. The van der Waals surface area contributed by atoms with E-state index in [4.69, 9.17) is 5.11 Å². The average molecular weight is 297 g/mol. The number of carbonyl (C=O) groups is 4. The van der Waals surface area contributed by atoms with E-state index in [9.17, 15) is 19.2 Å². The van der Waals surface area contributed by atoms with Crippen LogP contribution >= 0.6 is 0 Å². The lowest BCUT2D eigenvalue weighted by Crippen LogP contribution is -2.49. The Hall–Kier alpha value is -2.12. The van der Waals surface area contributed by atoms with Crippen molar-refractivity contribution in [2.24, 2.45) is 0 Å². The average Bonchev–Trinajstić information content (AvgIpc) is 2.77. The number of carbonyl (C=O) groups excluding carboxylic acids is 3. The highest BCUT2D eigenvalue weighted by Gasteiger charge is 2.34. The first-order chi connectivity index (χ1) is 9.99. The summed E-state index contributed by atoms with van der Waals surface area (Å²) in [6.45, 7) is 0.204. The van der Waals surface area contributed by atoms with Crippen molar-refractivity contribution in [1.82, 2.24) is 15.1 Å². The number of nitrogens with one attached hydrogen (secondary N) is 1. The smallest absolute Gasteiger partial charge is 0.325 e. The van der Waals surface area contributed by atoms with Crippen LogP contribution in [0.15, 0.2) is 0 Å². The number of hydrogen-bond acceptors (Lipinski definition) is 4. The first-order valence-electron chi connectivity index (χ1n) is 7.08.